The SMILES string of the molecule is CCC1(CC)C(=O)C(C)C1c1ccccc1. The highest BCUT2D eigenvalue weighted by Gasteiger charge is 2.57. The number of hydrogen-bond donors (Lipinski definition) is 0. The summed E-state index contributed by atoms with van der Waals surface area (Å²) in [5.74, 6) is 1.09. The Labute approximate surface area is 97.9 Å². The van der Waals surface area contributed by atoms with Gasteiger partial charge in [0.25, 0.3) is 0 Å². The molecular formula is C15H20O. The van der Waals surface area contributed by atoms with Crippen LogP contribution in [0.4, 0.5) is 0 Å². The molecule has 1 fully saturated rings. The molecule has 1 aromatic rings. The van der Waals surface area contributed by atoms with E-state index in [1.54, 1.807) is 0 Å². The molecule has 0 aromatic heterocycles. The van der Waals surface area contributed by atoms with Gasteiger partial charge in [0.15, 0.2) is 0 Å². The molecule has 16 heavy (non-hydrogen) atoms. The van der Waals surface area contributed by atoms with Crippen molar-refractivity contribution >= 4 is 5.78 Å². The van der Waals surface area contributed by atoms with Gasteiger partial charge in [0.2, 0.25) is 0 Å². The lowest BCUT2D eigenvalue weighted by molar-refractivity contribution is -0.150. The van der Waals surface area contributed by atoms with E-state index in [2.05, 4.69) is 45.0 Å². The van der Waals surface area contributed by atoms with Crippen LogP contribution < -0.4 is 0 Å². The van der Waals surface area contributed by atoms with Crippen molar-refractivity contribution in [2.75, 3.05) is 0 Å². The molecule has 1 nitrogen and oxygen atoms in total. The lowest BCUT2D eigenvalue weighted by atomic mass is 9.49. The monoisotopic (exact) mass is 216 g/mol. The average molecular weight is 216 g/mol. The molecule has 0 N–H and O–H groups in total. The van der Waals surface area contributed by atoms with Gasteiger partial charge in [-0.15, -0.1) is 0 Å². The molecule has 0 bridgehead atoms. The first-order chi connectivity index (χ1) is 7.67. The maximum absolute atomic E-state index is 12.1. The van der Waals surface area contributed by atoms with Gasteiger partial charge in [-0.05, 0) is 18.4 Å². The Balaban J connectivity index is 2.37. The van der Waals surface area contributed by atoms with Crippen molar-refractivity contribution in [3.63, 3.8) is 0 Å². The van der Waals surface area contributed by atoms with Crippen LogP contribution in [0.3, 0.4) is 0 Å². The fourth-order valence-corrected chi connectivity index (χ4v) is 3.45. The average Bonchev–Trinajstić information content (AvgIpc) is 2.35. The van der Waals surface area contributed by atoms with Gasteiger partial charge in [0.1, 0.15) is 5.78 Å². The van der Waals surface area contributed by atoms with Gasteiger partial charge in [-0.3, -0.25) is 4.79 Å². The summed E-state index contributed by atoms with van der Waals surface area (Å²) in [6.07, 6.45) is 1.93. The Hall–Kier alpha value is -1.11. The smallest absolute Gasteiger partial charge is 0.143 e. The molecule has 0 amide bonds. The second-order valence-electron chi connectivity index (χ2n) is 4.90. The zero-order chi connectivity index (χ0) is 11.8. The van der Waals surface area contributed by atoms with Crippen LogP contribution in [0, 0.1) is 11.3 Å². The minimum atomic E-state index is -0.0826. The van der Waals surface area contributed by atoms with E-state index in [0.717, 1.165) is 12.8 Å². The Morgan fingerprint density at radius 2 is 1.69 bits per heavy atom. The van der Waals surface area contributed by atoms with Crippen molar-refractivity contribution in [3.05, 3.63) is 35.9 Å². The summed E-state index contributed by atoms with van der Waals surface area (Å²) in [7, 11) is 0. The molecule has 1 aliphatic rings. The molecule has 0 aliphatic heterocycles. The maximum Gasteiger partial charge on any atom is 0.143 e. The molecule has 1 heteroatoms. The summed E-state index contributed by atoms with van der Waals surface area (Å²) in [4.78, 5) is 12.1. The highest BCUT2D eigenvalue weighted by Crippen LogP contribution is 2.57. The highest BCUT2D eigenvalue weighted by molar-refractivity contribution is 5.95. The van der Waals surface area contributed by atoms with Crippen LogP contribution in [0.2, 0.25) is 0 Å². The predicted molar refractivity (Wildman–Crippen MR) is 66.4 cm³/mol. The molecule has 1 aliphatic carbocycles. The zero-order valence-corrected chi connectivity index (χ0v) is 10.4. The van der Waals surface area contributed by atoms with Crippen molar-refractivity contribution in [1.29, 1.82) is 0 Å². The molecule has 1 saturated carbocycles. The Bertz CT molecular complexity index is 376. The first-order valence-corrected chi connectivity index (χ1v) is 6.26. The minimum absolute atomic E-state index is 0.0826. The number of hydrogen-bond acceptors (Lipinski definition) is 1. The van der Waals surface area contributed by atoms with Crippen LogP contribution in [0.1, 0.15) is 45.1 Å². The standard InChI is InChI=1S/C15H20O/c1-4-15(5-2)13(11(3)14(15)16)12-9-7-6-8-10-12/h6-11,13H,4-5H2,1-3H3. The second-order valence-corrected chi connectivity index (χ2v) is 4.90. The number of carbonyl (C=O) groups excluding carboxylic acids is 1. The van der Waals surface area contributed by atoms with Crippen molar-refractivity contribution in [1.82, 2.24) is 0 Å². The van der Waals surface area contributed by atoms with E-state index in [4.69, 9.17) is 0 Å². The Morgan fingerprint density at radius 3 is 2.19 bits per heavy atom. The van der Waals surface area contributed by atoms with Crippen LogP contribution in [-0.4, -0.2) is 5.78 Å². The largest absolute Gasteiger partial charge is 0.299 e. The van der Waals surface area contributed by atoms with Gasteiger partial charge >= 0.3 is 0 Å². The van der Waals surface area contributed by atoms with Crippen LogP contribution in [0.15, 0.2) is 30.3 Å². The molecule has 1 aromatic carbocycles. The third kappa shape index (κ3) is 1.34. The highest BCUT2D eigenvalue weighted by atomic mass is 16.1. The molecule has 0 heterocycles. The van der Waals surface area contributed by atoms with E-state index in [0.29, 0.717) is 11.7 Å². The molecule has 2 atom stereocenters. The fourth-order valence-electron chi connectivity index (χ4n) is 3.45. The van der Waals surface area contributed by atoms with Crippen molar-refractivity contribution in [2.45, 2.75) is 39.5 Å². The van der Waals surface area contributed by atoms with Gasteiger partial charge in [-0.25, -0.2) is 0 Å². The zero-order valence-electron chi connectivity index (χ0n) is 10.4. The molecule has 2 rings (SSSR count). The maximum atomic E-state index is 12.1. The number of carbonyl (C=O) groups is 1. The summed E-state index contributed by atoms with van der Waals surface area (Å²) >= 11 is 0. The van der Waals surface area contributed by atoms with Crippen molar-refractivity contribution in [2.24, 2.45) is 11.3 Å². The van der Waals surface area contributed by atoms with Gasteiger partial charge < -0.3 is 0 Å². The van der Waals surface area contributed by atoms with Gasteiger partial charge in [0.05, 0.1) is 0 Å². The summed E-state index contributed by atoms with van der Waals surface area (Å²) in [5.41, 5.74) is 1.25. The normalized spacial score (nSPS) is 27.6. The minimum Gasteiger partial charge on any atom is -0.299 e. The van der Waals surface area contributed by atoms with E-state index in [9.17, 15) is 4.79 Å². The van der Waals surface area contributed by atoms with Crippen LogP contribution >= 0.6 is 0 Å². The topological polar surface area (TPSA) is 17.1 Å². The molecule has 0 spiro atoms. The van der Waals surface area contributed by atoms with Crippen LogP contribution in [-0.2, 0) is 4.79 Å². The number of ketones is 1. The van der Waals surface area contributed by atoms with Gasteiger partial charge in [0, 0.05) is 17.3 Å². The lowest BCUT2D eigenvalue weighted by Crippen LogP contribution is -2.54. The fraction of sp³-hybridized carbons (Fsp3) is 0.533. The van der Waals surface area contributed by atoms with E-state index in [1.807, 2.05) is 6.07 Å². The van der Waals surface area contributed by atoms with Crippen molar-refractivity contribution in [3.8, 4) is 0 Å². The van der Waals surface area contributed by atoms with E-state index >= 15 is 0 Å². The first-order valence-electron chi connectivity index (χ1n) is 6.26. The van der Waals surface area contributed by atoms with Crippen LogP contribution in [0.5, 0.6) is 0 Å². The van der Waals surface area contributed by atoms with Gasteiger partial charge in [-0.2, -0.15) is 0 Å². The summed E-state index contributed by atoms with van der Waals surface area (Å²) in [6.45, 7) is 6.36. The third-order valence-corrected chi connectivity index (χ3v) is 4.42. The summed E-state index contributed by atoms with van der Waals surface area (Å²) in [6, 6.07) is 10.5. The van der Waals surface area contributed by atoms with E-state index in [1.165, 1.54) is 5.56 Å². The molecule has 0 saturated heterocycles. The number of rotatable bonds is 3. The van der Waals surface area contributed by atoms with E-state index in [-0.39, 0.29) is 11.3 Å². The first kappa shape index (κ1) is 11.4. The van der Waals surface area contributed by atoms with E-state index < -0.39 is 0 Å². The summed E-state index contributed by atoms with van der Waals surface area (Å²) < 4.78 is 0. The summed E-state index contributed by atoms with van der Waals surface area (Å²) in [5, 5.41) is 0. The van der Waals surface area contributed by atoms with Gasteiger partial charge in [-0.1, -0.05) is 51.1 Å². The Kier molecular flexibility index (Phi) is 2.88. The van der Waals surface area contributed by atoms with Crippen molar-refractivity contribution < 1.29 is 4.79 Å². The number of Topliss-reactive ketones (excluding diaryl/α,β-unsaturated/α-hetero) is 1. The predicted octanol–water partition coefficient (Wildman–Crippen LogP) is 3.80. The van der Waals surface area contributed by atoms with Crippen LogP contribution in [0.25, 0.3) is 0 Å². The molecule has 0 radical (unpaired) electrons. The molecule has 2 unspecified atom stereocenters. The quantitative estimate of drug-likeness (QED) is 0.751. The third-order valence-electron chi connectivity index (χ3n) is 4.42. The number of benzene rings is 1. The lowest BCUT2D eigenvalue weighted by Gasteiger charge is -2.52. The second kappa shape index (κ2) is 4.04. The molecular weight excluding hydrogens is 196 g/mol. The molecule has 86 valence electrons. The Morgan fingerprint density at radius 1 is 1.12 bits per heavy atom.